The van der Waals surface area contributed by atoms with Crippen molar-refractivity contribution < 1.29 is 28.5 Å². The van der Waals surface area contributed by atoms with Crippen LogP contribution in [0.5, 0.6) is 17.2 Å². The fraction of sp³-hybridized carbons (Fsp3) is 0.312. The SMILES string of the molecule is CCOc1cc(F)ccc1O[C@@H]1CCCN(c2cncc(Nc3cccc(-c4ccc(OC(C)(C)C(=O)O)cc4)n3)n2)C1. The number of carboxylic acid groups (broad SMARTS) is 1. The van der Waals surface area contributed by atoms with Gasteiger partial charge >= 0.3 is 5.97 Å². The van der Waals surface area contributed by atoms with Crippen LogP contribution in [0.2, 0.25) is 0 Å². The molecule has 0 radical (unpaired) electrons. The molecule has 3 heterocycles. The number of nitrogens with one attached hydrogen (secondary N) is 1. The number of carbonyl (C=O) groups is 1. The molecule has 10 nitrogen and oxygen atoms in total. The van der Waals surface area contributed by atoms with Crippen molar-refractivity contribution in [3.63, 3.8) is 0 Å². The Bertz CT molecular complexity index is 1570. The quantitative estimate of drug-likeness (QED) is 0.213. The number of hydrogen-bond acceptors (Lipinski definition) is 9. The van der Waals surface area contributed by atoms with Crippen LogP contribution in [0.3, 0.4) is 0 Å². The van der Waals surface area contributed by atoms with Crippen LogP contribution in [0.4, 0.5) is 21.8 Å². The van der Waals surface area contributed by atoms with E-state index in [1.807, 2.05) is 37.3 Å². The second-order valence-electron chi connectivity index (χ2n) is 10.6. The molecule has 0 bridgehead atoms. The summed E-state index contributed by atoms with van der Waals surface area (Å²) < 4.78 is 31.1. The Hall–Kier alpha value is -4.93. The smallest absolute Gasteiger partial charge is 0.347 e. The maximum absolute atomic E-state index is 13.7. The largest absolute Gasteiger partial charge is 0.490 e. The fourth-order valence-corrected chi connectivity index (χ4v) is 4.67. The lowest BCUT2D eigenvalue weighted by Crippen LogP contribution is -2.41. The summed E-state index contributed by atoms with van der Waals surface area (Å²) in [6.45, 7) is 6.67. The van der Waals surface area contributed by atoms with Gasteiger partial charge in [0.25, 0.3) is 0 Å². The number of hydrogen-bond donors (Lipinski definition) is 2. The molecule has 4 aromatic rings. The first-order chi connectivity index (χ1) is 20.7. The van der Waals surface area contributed by atoms with Gasteiger partial charge in [0.15, 0.2) is 22.9 Å². The minimum atomic E-state index is -1.34. The molecule has 224 valence electrons. The van der Waals surface area contributed by atoms with E-state index in [1.165, 1.54) is 26.0 Å². The number of nitrogens with zero attached hydrogens (tertiary/aromatic N) is 4. The summed E-state index contributed by atoms with van der Waals surface area (Å²) in [7, 11) is 0. The predicted molar refractivity (Wildman–Crippen MR) is 161 cm³/mol. The van der Waals surface area contributed by atoms with Gasteiger partial charge in [-0.05, 0) is 82.1 Å². The van der Waals surface area contributed by atoms with E-state index < -0.39 is 11.6 Å². The van der Waals surface area contributed by atoms with E-state index in [1.54, 1.807) is 30.6 Å². The molecule has 1 saturated heterocycles. The molecule has 1 fully saturated rings. The van der Waals surface area contributed by atoms with Crippen LogP contribution < -0.4 is 24.4 Å². The second kappa shape index (κ2) is 12.9. The maximum atomic E-state index is 13.7. The zero-order valence-electron chi connectivity index (χ0n) is 24.3. The van der Waals surface area contributed by atoms with Gasteiger partial charge in [-0.3, -0.25) is 4.98 Å². The molecule has 0 unspecified atom stereocenters. The second-order valence-corrected chi connectivity index (χ2v) is 10.6. The summed E-state index contributed by atoms with van der Waals surface area (Å²) in [5.41, 5.74) is 0.232. The van der Waals surface area contributed by atoms with Crippen LogP contribution in [-0.4, -0.2) is 57.4 Å². The normalized spacial score (nSPS) is 15.1. The van der Waals surface area contributed by atoms with Gasteiger partial charge in [0.1, 0.15) is 29.3 Å². The van der Waals surface area contributed by atoms with Crippen molar-refractivity contribution >= 4 is 23.4 Å². The van der Waals surface area contributed by atoms with Gasteiger partial charge in [-0.15, -0.1) is 0 Å². The predicted octanol–water partition coefficient (Wildman–Crippen LogP) is 6.11. The molecule has 1 aliphatic heterocycles. The van der Waals surface area contributed by atoms with Crippen molar-refractivity contribution in [1.29, 1.82) is 0 Å². The van der Waals surface area contributed by atoms with E-state index in [0.717, 1.165) is 30.6 Å². The first-order valence-corrected chi connectivity index (χ1v) is 14.1. The van der Waals surface area contributed by atoms with Gasteiger partial charge in [0.05, 0.1) is 31.2 Å². The summed E-state index contributed by atoms with van der Waals surface area (Å²) in [6.07, 6.45) is 4.99. The van der Waals surface area contributed by atoms with Crippen molar-refractivity contribution in [2.24, 2.45) is 0 Å². The summed E-state index contributed by atoms with van der Waals surface area (Å²) >= 11 is 0. The van der Waals surface area contributed by atoms with Crippen molar-refractivity contribution in [2.45, 2.75) is 45.3 Å². The molecule has 0 saturated carbocycles. The molecule has 0 aliphatic carbocycles. The minimum absolute atomic E-state index is 0.123. The summed E-state index contributed by atoms with van der Waals surface area (Å²) in [6, 6.07) is 17.0. The lowest BCUT2D eigenvalue weighted by molar-refractivity contribution is -0.152. The molecule has 2 aromatic carbocycles. The van der Waals surface area contributed by atoms with Crippen LogP contribution in [0.1, 0.15) is 33.6 Å². The van der Waals surface area contributed by atoms with E-state index in [-0.39, 0.29) is 11.9 Å². The standard InChI is InChI=1S/C32H34FN5O5/c1-4-41-27-17-22(33)12-15-26(27)42-24-7-6-16-38(20-24)30-19-34-18-29(37-30)36-28-9-5-8-25(35-28)21-10-13-23(14-11-21)43-32(2,3)31(39)40/h5,8-15,17-19,24H,4,6-7,16,20H2,1-3H3,(H,39,40)(H,35,36,37)/t24-/m1/s1. The van der Waals surface area contributed by atoms with Crippen molar-refractivity contribution in [1.82, 2.24) is 15.0 Å². The van der Waals surface area contributed by atoms with Crippen LogP contribution in [-0.2, 0) is 4.79 Å². The maximum Gasteiger partial charge on any atom is 0.347 e. The van der Waals surface area contributed by atoms with E-state index in [2.05, 4.69) is 15.2 Å². The highest BCUT2D eigenvalue weighted by molar-refractivity contribution is 5.76. The minimum Gasteiger partial charge on any atom is -0.490 e. The van der Waals surface area contributed by atoms with Crippen molar-refractivity contribution in [2.75, 3.05) is 29.9 Å². The molecule has 0 spiro atoms. The van der Waals surface area contributed by atoms with Gasteiger partial charge in [-0.25, -0.2) is 19.2 Å². The summed E-state index contributed by atoms with van der Waals surface area (Å²) in [4.78, 5) is 27.4. The molecule has 2 aromatic heterocycles. The monoisotopic (exact) mass is 587 g/mol. The Morgan fingerprint density at radius 3 is 2.65 bits per heavy atom. The number of anilines is 3. The highest BCUT2D eigenvalue weighted by Crippen LogP contribution is 2.31. The number of pyridine rings is 1. The van der Waals surface area contributed by atoms with Crippen LogP contribution in [0.15, 0.2) is 73.1 Å². The number of rotatable bonds is 11. The molecule has 43 heavy (non-hydrogen) atoms. The highest BCUT2D eigenvalue weighted by atomic mass is 19.1. The molecule has 1 atom stereocenters. The Kier molecular flexibility index (Phi) is 8.89. The number of aliphatic carboxylic acids is 1. The summed E-state index contributed by atoms with van der Waals surface area (Å²) in [5.74, 6) is 1.80. The Labute approximate surface area is 249 Å². The molecule has 5 rings (SSSR count). The molecule has 2 N–H and O–H groups in total. The zero-order valence-corrected chi connectivity index (χ0v) is 24.3. The number of carboxylic acids is 1. The van der Waals surface area contributed by atoms with Crippen LogP contribution in [0.25, 0.3) is 11.3 Å². The molecular formula is C32H34FN5O5. The van der Waals surface area contributed by atoms with E-state index in [0.29, 0.717) is 47.9 Å². The van der Waals surface area contributed by atoms with Crippen LogP contribution in [0, 0.1) is 5.82 Å². The average molecular weight is 588 g/mol. The number of halogens is 1. The van der Waals surface area contributed by atoms with Gasteiger partial charge < -0.3 is 29.5 Å². The third-order valence-electron chi connectivity index (χ3n) is 6.87. The van der Waals surface area contributed by atoms with E-state index in [4.69, 9.17) is 24.2 Å². The van der Waals surface area contributed by atoms with Gasteiger partial charge in [-0.1, -0.05) is 6.07 Å². The third kappa shape index (κ3) is 7.48. The number of ether oxygens (including phenoxy) is 3. The highest BCUT2D eigenvalue weighted by Gasteiger charge is 2.29. The Morgan fingerprint density at radius 2 is 1.88 bits per heavy atom. The Balaban J connectivity index is 1.25. The number of piperidine rings is 1. The third-order valence-corrected chi connectivity index (χ3v) is 6.87. The number of aromatic nitrogens is 3. The molecule has 11 heteroatoms. The van der Waals surface area contributed by atoms with Gasteiger partial charge in [0, 0.05) is 18.2 Å². The first kappa shape index (κ1) is 29.6. The zero-order chi connectivity index (χ0) is 30.4. The van der Waals surface area contributed by atoms with Crippen molar-refractivity contribution in [3.8, 4) is 28.5 Å². The molecule has 0 amide bonds. The fourth-order valence-electron chi connectivity index (χ4n) is 4.67. The summed E-state index contributed by atoms with van der Waals surface area (Å²) in [5, 5.41) is 12.5. The molecule has 1 aliphatic rings. The average Bonchev–Trinajstić information content (AvgIpc) is 2.99. The topological polar surface area (TPSA) is 119 Å². The van der Waals surface area contributed by atoms with Crippen LogP contribution >= 0.6 is 0 Å². The lowest BCUT2D eigenvalue weighted by atomic mass is 10.1. The molecular weight excluding hydrogens is 553 g/mol. The van der Waals surface area contributed by atoms with Gasteiger partial charge in [0.2, 0.25) is 0 Å². The van der Waals surface area contributed by atoms with E-state index >= 15 is 0 Å². The van der Waals surface area contributed by atoms with Crippen molar-refractivity contribution in [3.05, 3.63) is 78.9 Å². The van der Waals surface area contributed by atoms with Gasteiger partial charge in [-0.2, -0.15) is 0 Å². The lowest BCUT2D eigenvalue weighted by Gasteiger charge is -2.33. The number of benzene rings is 2. The van der Waals surface area contributed by atoms with E-state index in [9.17, 15) is 14.3 Å². The Morgan fingerprint density at radius 1 is 1.07 bits per heavy atom. The first-order valence-electron chi connectivity index (χ1n) is 14.1.